The maximum atomic E-state index is 12.0. The summed E-state index contributed by atoms with van der Waals surface area (Å²) in [6.45, 7) is 9.22. The number of carboxylic acids is 1. The van der Waals surface area contributed by atoms with Crippen molar-refractivity contribution in [2.24, 2.45) is 0 Å². The number of aliphatic carboxylic acids is 1. The van der Waals surface area contributed by atoms with E-state index in [1.54, 1.807) is 21.3 Å². The Morgan fingerprint density at radius 1 is 0.973 bits per heavy atom. The molecule has 0 saturated carbocycles. The molecule has 1 atom stereocenters. The Bertz CT molecular complexity index is 1170. The van der Waals surface area contributed by atoms with Gasteiger partial charge in [-0.1, -0.05) is 6.07 Å². The van der Waals surface area contributed by atoms with Crippen LogP contribution in [0, 0.1) is 20.8 Å². The Labute approximate surface area is 218 Å². The summed E-state index contributed by atoms with van der Waals surface area (Å²) in [5.74, 6) is 1.98. The van der Waals surface area contributed by atoms with Crippen molar-refractivity contribution in [2.75, 3.05) is 47.5 Å². The molecule has 0 aromatic heterocycles. The first-order chi connectivity index (χ1) is 17.7. The van der Waals surface area contributed by atoms with Crippen molar-refractivity contribution in [1.29, 1.82) is 0 Å². The van der Waals surface area contributed by atoms with E-state index in [4.69, 9.17) is 18.9 Å². The minimum atomic E-state index is -0.924. The van der Waals surface area contributed by atoms with Crippen LogP contribution in [0.1, 0.15) is 40.7 Å². The smallest absolute Gasteiger partial charge is 0.308 e. The third kappa shape index (κ3) is 4.90. The van der Waals surface area contributed by atoms with Gasteiger partial charge in [-0.2, -0.15) is 0 Å². The van der Waals surface area contributed by atoms with Crippen LogP contribution in [0.5, 0.6) is 28.7 Å². The van der Waals surface area contributed by atoms with E-state index in [2.05, 4.69) is 9.80 Å². The van der Waals surface area contributed by atoms with Crippen LogP contribution in [0.25, 0.3) is 0 Å². The molecule has 0 amide bonds. The largest absolute Gasteiger partial charge is 0.507 e. The fourth-order valence-corrected chi connectivity index (χ4v) is 5.71. The molecule has 4 rings (SSSR count). The molecule has 1 saturated heterocycles. The Morgan fingerprint density at radius 2 is 1.65 bits per heavy atom. The molecule has 0 bridgehead atoms. The molecule has 2 aliphatic rings. The minimum Gasteiger partial charge on any atom is -0.507 e. The number of ether oxygens (including phenoxy) is 4. The lowest BCUT2D eigenvalue weighted by Gasteiger charge is -2.49. The monoisotopic (exact) mass is 514 g/mol. The molecule has 37 heavy (non-hydrogen) atoms. The molecule has 202 valence electrons. The quantitative estimate of drug-likeness (QED) is 0.547. The number of benzene rings is 2. The van der Waals surface area contributed by atoms with Gasteiger partial charge in [0, 0.05) is 50.3 Å². The van der Waals surface area contributed by atoms with Gasteiger partial charge in [0.25, 0.3) is 0 Å². The number of hydrogen-bond donors (Lipinski definition) is 2. The zero-order valence-electron chi connectivity index (χ0n) is 22.6. The maximum absolute atomic E-state index is 12.0. The van der Waals surface area contributed by atoms with Gasteiger partial charge in [0.1, 0.15) is 11.5 Å². The number of methoxy groups -OCH3 is 3. The zero-order valence-corrected chi connectivity index (χ0v) is 22.6. The number of aromatic hydroxyl groups is 1. The van der Waals surface area contributed by atoms with Gasteiger partial charge < -0.3 is 29.2 Å². The number of carbonyl (C=O) groups is 1. The summed E-state index contributed by atoms with van der Waals surface area (Å²) < 4.78 is 23.2. The van der Waals surface area contributed by atoms with E-state index >= 15 is 0 Å². The predicted molar refractivity (Wildman–Crippen MR) is 139 cm³/mol. The molecule has 0 spiro atoms. The summed E-state index contributed by atoms with van der Waals surface area (Å²) in [5.41, 5.74) is 3.50. The molecule has 2 heterocycles. The highest BCUT2D eigenvalue weighted by Gasteiger charge is 2.46. The lowest BCUT2D eigenvalue weighted by molar-refractivity contribution is -0.159. The summed E-state index contributed by atoms with van der Waals surface area (Å²) in [4.78, 5) is 16.5. The number of fused-ring (bicyclic) bond motifs is 1. The molecule has 0 radical (unpaired) electrons. The lowest BCUT2D eigenvalue weighted by Crippen LogP contribution is -2.61. The molecule has 9 heteroatoms. The maximum Gasteiger partial charge on any atom is 0.308 e. The second kappa shape index (κ2) is 10.7. The normalized spacial score (nSPS) is 20.2. The van der Waals surface area contributed by atoms with Crippen LogP contribution in [0.15, 0.2) is 12.1 Å². The van der Waals surface area contributed by atoms with Gasteiger partial charge in [-0.15, -0.1) is 0 Å². The van der Waals surface area contributed by atoms with Crippen molar-refractivity contribution in [1.82, 2.24) is 9.80 Å². The molecule has 2 N–H and O–H groups in total. The number of phenols is 1. The molecule has 2 aromatic rings. The summed E-state index contributed by atoms with van der Waals surface area (Å²) in [5, 5.41) is 20.4. The fourth-order valence-electron chi connectivity index (χ4n) is 5.71. The fraction of sp³-hybridized carbons (Fsp3) is 0.536. The molecular formula is C28H38N2O7. The van der Waals surface area contributed by atoms with Crippen LogP contribution in [0.2, 0.25) is 0 Å². The number of carboxylic acid groups (broad SMARTS) is 1. The van der Waals surface area contributed by atoms with Gasteiger partial charge in [0.2, 0.25) is 5.75 Å². The minimum absolute atomic E-state index is 0.103. The number of hydrogen-bond acceptors (Lipinski definition) is 8. The van der Waals surface area contributed by atoms with Crippen molar-refractivity contribution in [3.05, 3.63) is 39.9 Å². The first-order valence-electron chi connectivity index (χ1n) is 12.6. The van der Waals surface area contributed by atoms with E-state index in [9.17, 15) is 15.0 Å². The average Bonchev–Trinajstić information content (AvgIpc) is 2.90. The summed E-state index contributed by atoms with van der Waals surface area (Å²) in [6, 6.07) is 3.87. The van der Waals surface area contributed by atoms with Gasteiger partial charge in [-0.3, -0.25) is 14.6 Å². The van der Waals surface area contributed by atoms with Gasteiger partial charge in [-0.05, 0) is 49.9 Å². The highest BCUT2D eigenvalue weighted by Crippen LogP contribution is 2.46. The standard InChI is InChI=1S/C28H38N2O7/c1-17-18(2)25-21(19(3)24(17)33)9-10-28(37-25,15-23(31)32)30-13-11-29(12-14-30)16-20-7-8-22(34-4)27(36-6)26(20)35-5/h7-8,33H,9-16H2,1-6H3,(H,31,32). The first kappa shape index (κ1) is 26.9. The Hall–Kier alpha value is -3.17. The topological polar surface area (TPSA) is 101 Å². The van der Waals surface area contributed by atoms with E-state index < -0.39 is 11.7 Å². The van der Waals surface area contributed by atoms with Gasteiger partial charge in [0.15, 0.2) is 17.2 Å². The van der Waals surface area contributed by atoms with E-state index in [0.717, 1.165) is 46.7 Å². The van der Waals surface area contributed by atoms with Gasteiger partial charge in [0.05, 0.1) is 27.8 Å². The Kier molecular flexibility index (Phi) is 7.75. The SMILES string of the molecule is COc1ccc(CN2CCN(C3(CC(=O)O)CCc4c(C)c(O)c(C)c(C)c4O3)CC2)c(OC)c1OC. The second-order valence-corrected chi connectivity index (χ2v) is 9.91. The van der Waals surface area contributed by atoms with Crippen LogP contribution in [-0.4, -0.2) is 79.2 Å². The number of rotatable bonds is 8. The molecule has 2 aromatic carbocycles. The third-order valence-corrected chi connectivity index (χ3v) is 7.95. The Balaban J connectivity index is 1.54. The Morgan fingerprint density at radius 3 is 2.24 bits per heavy atom. The van der Waals surface area contributed by atoms with Crippen LogP contribution in [-0.2, 0) is 17.8 Å². The highest BCUT2D eigenvalue weighted by molar-refractivity contribution is 5.68. The average molecular weight is 515 g/mol. The lowest BCUT2D eigenvalue weighted by atomic mass is 9.87. The van der Waals surface area contributed by atoms with Crippen LogP contribution < -0.4 is 18.9 Å². The second-order valence-electron chi connectivity index (χ2n) is 9.91. The van der Waals surface area contributed by atoms with E-state index in [1.165, 1.54) is 0 Å². The van der Waals surface area contributed by atoms with Gasteiger partial charge >= 0.3 is 5.97 Å². The molecule has 1 fully saturated rings. The number of piperazine rings is 1. The summed E-state index contributed by atoms with van der Waals surface area (Å²) in [6.07, 6.45) is 1.11. The third-order valence-electron chi connectivity index (χ3n) is 7.95. The molecular weight excluding hydrogens is 476 g/mol. The zero-order chi connectivity index (χ0) is 26.9. The van der Waals surface area contributed by atoms with Gasteiger partial charge in [-0.25, -0.2) is 0 Å². The summed E-state index contributed by atoms with van der Waals surface area (Å²) in [7, 11) is 4.82. The van der Waals surface area contributed by atoms with Crippen LogP contribution in [0.4, 0.5) is 0 Å². The van der Waals surface area contributed by atoms with Crippen molar-refractivity contribution in [3.63, 3.8) is 0 Å². The number of nitrogens with zero attached hydrogens (tertiary/aromatic N) is 2. The van der Waals surface area contributed by atoms with Crippen molar-refractivity contribution < 1.29 is 34.0 Å². The van der Waals surface area contributed by atoms with E-state index in [1.807, 2.05) is 32.9 Å². The predicted octanol–water partition coefficient (Wildman–Crippen LogP) is 3.66. The number of phenolic OH excluding ortho intramolecular Hbond substituents is 1. The summed E-state index contributed by atoms with van der Waals surface area (Å²) >= 11 is 0. The van der Waals surface area contributed by atoms with Crippen LogP contribution in [0.3, 0.4) is 0 Å². The molecule has 1 unspecified atom stereocenters. The van der Waals surface area contributed by atoms with Crippen molar-refractivity contribution in [3.8, 4) is 28.7 Å². The van der Waals surface area contributed by atoms with E-state index in [0.29, 0.717) is 55.5 Å². The molecule has 0 aliphatic carbocycles. The molecule has 2 aliphatic heterocycles. The highest BCUT2D eigenvalue weighted by atomic mass is 16.5. The molecule has 9 nitrogen and oxygen atoms in total. The van der Waals surface area contributed by atoms with E-state index in [-0.39, 0.29) is 6.42 Å². The van der Waals surface area contributed by atoms with Crippen LogP contribution >= 0.6 is 0 Å². The van der Waals surface area contributed by atoms with Crippen molar-refractivity contribution >= 4 is 5.97 Å². The first-order valence-corrected chi connectivity index (χ1v) is 12.6. The van der Waals surface area contributed by atoms with Crippen molar-refractivity contribution in [2.45, 2.75) is 52.3 Å².